The van der Waals surface area contributed by atoms with E-state index in [-0.39, 0.29) is 11.7 Å². The molecule has 18 heavy (non-hydrogen) atoms. The maximum absolute atomic E-state index is 12.3. The summed E-state index contributed by atoms with van der Waals surface area (Å²) in [5, 5.41) is 9.22. The fourth-order valence-electron chi connectivity index (χ4n) is 1.73. The van der Waals surface area contributed by atoms with E-state index in [1.165, 1.54) is 12.1 Å². The highest BCUT2D eigenvalue weighted by Gasteiger charge is 2.15. The van der Waals surface area contributed by atoms with Gasteiger partial charge in [0.2, 0.25) is 0 Å². The molecule has 0 radical (unpaired) electrons. The van der Waals surface area contributed by atoms with Crippen LogP contribution in [0.5, 0.6) is 5.75 Å². The fourth-order valence-corrected chi connectivity index (χ4v) is 1.73. The predicted molar refractivity (Wildman–Crippen MR) is 69.7 cm³/mol. The van der Waals surface area contributed by atoms with E-state index in [2.05, 4.69) is 4.98 Å². The summed E-state index contributed by atoms with van der Waals surface area (Å²) in [6.45, 7) is 2.49. The van der Waals surface area contributed by atoms with Crippen LogP contribution in [0.2, 0.25) is 0 Å². The number of anilines is 1. The zero-order valence-corrected chi connectivity index (χ0v) is 10.1. The largest absolute Gasteiger partial charge is 0.508 e. The molecule has 0 bridgehead atoms. The molecule has 0 aliphatic carbocycles. The van der Waals surface area contributed by atoms with Gasteiger partial charge in [-0.2, -0.15) is 0 Å². The zero-order chi connectivity index (χ0) is 13.0. The number of hydrogen-bond donors (Lipinski definition) is 1. The molecule has 4 nitrogen and oxygen atoms in total. The third-order valence-corrected chi connectivity index (χ3v) is 2.65. The Labute approximate surface area is 106 Å². The SMILES string of the molecule is CCN(C(=O)c1ccc(O)cc1)c1ccncc1. The van der Waals surface area contributed by atoms with Crippen LogP contribution in [0.15, 0.2) is 48.8 Å². The fraction of sp³-hybridized carbons (Fsp3) is 0.143. The van der Waals surface area contributed by atoms with Crippen LogP contribution < -0.4 is 4.90 Å². The number of phenols is 1. The van der Waals surface area contributed by atoms with Crippen molar-refractivity contribution in [1.82, 2.24) is 4.98 Å². The van der Waals surface area contributed by atoms with Crippen LogP contribution in [0.3, 0.4) is 0 Å². The lowest BCUT2D eigenvalue weighted by atomic mass is 10.2. The molecule has 1 aromatic carbocycles. The number of nitrogens with zero attached hydrogens (tertiary/aromatic N) is 2. The average molecular weight is 242 g/mol. The normalized spacial score (nSPS) is 10.1. The van der Waals surface area contributed by atoms with Crippen LogP contribution in [0.25, 0.3) is 0 Å². The second-order valence-corrected chi connectivity index (χ2v) is 3.80. The molecule has 0 aliphatic heterocycles. The molecule has 0 aliphatic rings. The molecule has 2 rings (SSSR count). The van der Waals surface area contributed by atoms with Gasteiger partial charge in [-0.1, -0.05) is 0 Å². The van der Waals surface area contributed by atoms with Gasteiger partial charge < -0.3 is 10.0 Å². The van der Waals surface area contributed by atoms with Gasteiger partial charge in [0.15, 0.2) is 0 Å². The Kier molecular flexibility index (Phi) is 3.57. The highest BCUT2D eigenvalue weighted by atomic mass is 16.3. The molecule has 0 atom stereocenters. The summed E-state index contributed by atoms with van der Waals surface area (Å²) < 4.78 is 0. The average Bonchev–Trinajstić information content (AvgIpc) is 2.41. The van der Waals surface area contributed by atoms with Gasteiger partial charge in [-0.15, -0.1) is 0 Å². The van der Waals surface area contributed by atoms with E-state index in [9.17, 15) is 9.90 Å². The van der Waals surface area contributed by atoms with E-state index in [1.807, 2.05) is 6.92 Å². The van der Waals surface area contributed by atoms with Crippen molar-refractivity contribution in [2.45, 2.75) is 6.92 Å². The van der Waals surface area contributed by atoms with Crippen molar-refractivity contribution in [3.05, 3.63) is 54.4 Å². The Morgan fingerprint density at radius 2 is 1.78 bits per heavy atom. The Balaban J connectivity index is 2.28. The molecule has 0 spiro atoms. The summed E-state index contributed by atoms with van der Waals surface area (Å²) in [6.07, 6.45) is 3.31. The highest BCUT2D eigenvalue weighted by molar-refractivity contribution is 6.06. The lowest BCUT2D eigenvalue weighted by Crippen LogP contribution is -2.30. The van der Waals surface area contributed by atoms with E-state index in [1.54, 1.807) is 41.6 Å². The van der Waals surface area contributed by atoms with Gasteiger partial charge >= 0.3 is 0 Å². The molecule has 1 amide bonds. The zero-order valence-electron chi connectivity index (χ0n) is 10.1. The Hall–Kier alpha value is -2.36. The summed E-state index contributed by atoms with van der Waals surface area (Å²) in [6, 6.07) is 9.83. The van der Waals surface area contributed by atoms with Crippen LogP contribution in [0.1, 0.15) is 17.3 Å². The van der Waals surface area contributed by atoms with Crippen LogP contribution in [0, 0.1) is 0 Å². The first-order valence-electron chi connectivity index (χ1n) is 5.73. The van der Waals surface area contributed by atoms with Gasteiger partial charge in [-0.25, -0.2) is 0 Å². The lowest BCUT2D eigenvalue weighted by molar-refractivity contribution is 0.0988. The standard InChI is InChI=1S/C14H14N2O2/c1-2-16(12-7-9-15-10-8-12)14(18)11-3-5-13(17)6-4-11/h3-10,17H,2H2,1H3. The Morgan fingerprint density at radius 1 is 1.17 bits per heavy atom. The summed E-state index contributed by atoms with van der Waals surface area (Å²) in [7, 11) is 0. The summed E-state index contributed by atoms with van der Waals surface area (Å²) in [5.74, 6) is 0.0576. The second kappa shape index (κ2) is 5.31. The molecule has 2 aromatic rings. The second-order valence-electron chi connectivity index (χ2n) is 3.80. The van der Waals surface area contributed by atoms with Crippen LogP contribution in [-0.2, 0) is 0 Å². The summed E-state index contributed by atoms with van der Waals surface area (Å²) in [5.41, 5.74) is 1.36. The number of aromatic nitrogens is 1. The Morgan fingerprint density at radius 3 is 2.33 bits per heavy atom. The van der Waals surface area contributed by atoms with E-state index >= 15 is 0 Å². The van der Waals surface area contributed by atoms with Gasteiger partial charge in [0, 0.05) is 30.2 Å². The van der Waals surface area contributed by atoms with Crippen molar-refractivity contribution in [2.24, 2.45) is 0 Å². The van der Waals surface area contributed by atoms with Gasteiger partial charge in [-0.05, 0) is 43.3 Å². The first kappa shape index (κ1) is 12.1. The third-order valence-electron chi connectivity index (χ3n) is 2.65. The number of benzene rings is 1. The minimum Gasteiger partial charge on any atom is -0.508 e. The van der Waals surface area contributed by atoms with Crippen molar-refractivity contribution in [1.29, 1.82) is 0 Å². The van der Waals surface area contributed by atoms with Crippen molar-refractivity contribution >= 4 is 11.6 Å². The molecular weight excluding hydrogens is 228 g/mol. The maximum Gasteiger partial charge on any atom is 0.258 e. The lowest BCUT2D eigenvalue weighted by Gasteiger charge is -2.20. The molecule has 1 N–H and O–H groups in total. The number of pyridine rings is 1. The molecule has 0 saturated heterocycles. The molecular formula is C14H14N2O2. The van der Waals surface area contributed by atoms with E-state index in [4.69, 9.17) is 0 Å². The van der Waals surface area contributed by atoms with E-state index in [0.29, 0.717) is 12.1 Å². The molecule has 0 saturated carbocycles. The number of phenolic OH excluding ortho intramolecular Hbond substituents is 1. The predicted octanol–water partition coefficient (Wildman–Crippen LogP) is 2.45. The first-order chi connectivity index (χ1) is 8.72. The summed E-state index contributed by atoms with van der Waals surface area (Å²) >= 11 is 0. The van der Waals surface area contributed by atoms with Crippen LogP contribution >= 0.6 is 0 Å². The third kappa shape index (κ3) is 2.48. The highest BCUT2D eigenvalue weighted by Crippen LogP contribution is 2.17. The number of carbonyl (C=O) groups is 1. The van der Waals surface area contributed by atoms with Gasteiger partial charge in [-0.3, -0.25) is 9.78 Å². The van der Waals surface area contributed by atoms with Crippen molar-refractivity contribution in [3.63, 3.8) is 0 Å². The first-order valence-corrected chi connectivity index (χ1v) is 5.73. The van der Waals surface area contributed by atoms with E-state index < -0.39 is 0 Å². The number of hydrogen-bond acceptors (Lipinski definition) is 3. The van der Waals surface area contributed by atoms with Crippen LogP contribution in [0.4, 0.5) is 5.69 Å². The minimum absolute atomic E-state index is 0.0938. The van der Waals surface area contributed by atoms with Gasteiger partial charge in [0.25, 0.3) is 5.91 Å². The molecule has 0 fully saturated rings. The smallest absolute Gasteiger partial charge is 0.258 e. The number of amides is 1. The number of aromatic hydroxyl groups is 1. The monoisotopic (exact) mass is 242 g/mol. The van der Waals surface area contributed by atoms with Crippen molar-refractivity contribution in [3.8, 4) is 5.75 Å². The van der Waals surface area contributed by atoms with Gasteiger partial charge in [0.05, 0.1) is 0 Å². The molecule has 1 aromatic heterocycles. The van der Waals surface area contributed by atoms with E-state index in [0.717, 1.165) is 5.69 Å². The molecule has 92 valence electrons. The number of rotatable bonds is 3. The molecule has 4 heteroatoms. The summed E-state index contributed by atoms with van der Waals surface area (Å²) in [4.78, 5) is 17.9. The minimum atomic E-state index is -0.0938. The molecule has 0 unspecified atom stereocenters. The Bertz CT molecular complexity index is 523. The quantitative estimate of drug-likeness (QED) is 0.899. The van der Waals surface area contributed by atoms with Crippen molar-refractivity contribution < 1.29 is 9.90 Å². The van der Waals surface area contributed by atoms with Crippen molar-refractivity contribution in [2.75, 3.05) is 11.4 Å². The maximum atomic E-state index is 12.3. The van der Waals surface area contributed by atoms with Gasteiger partial charge in [0.1, 0.15) is 5.75 Å². The van der Waals surface area contributed by atoms with Crippen LogP contribution in [-0.4, -0.2) is 22.5 Å². The topological polar surface area (TPSA) is 53.4 Å². The number of carbonyl (C=O) groups excluding carboxylic acids is 1. The molecule has 1 heterocycles.